The standard InChI is InChI=1S/C9H4F2N2/c1-5-2-8(10)9(11)7(4-13)6(5)3-12/h2H,1H3. The minimum atomic E-state index is -1.26. The third-order valence-corrected chi connectivity index (χ3v) is 1.64. The van der Waals surface area contributed by atoms with Gasteiger partial charge >= 0.3 is 0 Å². The van der Waals surface area contributed by atoms with Crippen molar-refractivity contribution in [3.05, 3.63) is 34.4 Å². The van der Waals surface area contributed by atoms with E-state index in [1.165, 1.54) is 13.0 Å². The van der Waals surface area contributed by atoms with Crippen LogP contribution in [-0.4, -0.2) is 0 Å². The predicted octanol–water partition coefficient (Wildman–Crippen LogP) is 2.02. The van der Waals surface area contributed by atoms with E-state index in [-0.39, 0.29) is 11.1 Å². The Bertz CT molecular complexity index is 438. The summed E-state index contributed by atoms with van der Waals surface area (Å²) in [6.07, 6.45) is 0. The molecule has 0 radical (unpaired) electrons. The molecular weight excluding hydrogens is 174 g/mol. The van der Waals surface area contributed by atoms with Crippen LogP contribution in [0.25, 0.3) is 0 Å². The van der Waals surface area contributed by atoms with Gasteiger partial charge in [-0.15, -0.1) is 0 Å². The van der Waals surface area contributed by atoms with E-state index in [2.05, 4.69) is 0 Å². The lowest BCUT2D eigenvalue weighted by Crippen LogP contribution is -1.97. The highest BCUT2D eigenvalue weighted by molar-refractivity contribution is 5.50. The molecule has 0 aliphatic heterocycles. The molecule has 0 aliphatic rings. The minimum Gasteiger partial charge on any atom is -0.204 e. The van der Waals surface area contributed by atoms with Crippen molar-refractivity contribution in [1.82, 2.24) is 0 Å². The van der Waals surface area contributed by atoms with Crippen molar-refractivity contribution in [3.63, 3.8) is 0 Å². The summed E-state index contributed by atoms with van der Waals surface area (Å²) < 4.78 is 25.6. The number of nitrogens with zero attached hydrogens (tertiary/aromatic N) is 2. The zero-order valence-corrected chi connectivity index (χ0v) is 6.73. The van der Waals surface area contributed by atoms with Gasteiger partial charge in [-0.2, -0.15) is 10.5 Å². The average Bonchev–Trinajstić information content (AvgIpc) is 2.10. The van der Waals surface area contributed by atoms with E-state index < -0.39 is 17.2 Å². The molecule has 2 nitrogen and oxygen atoms in total. The minimum absolute atomic E-state index is 0.110. The average molecular weight is 178 g/mol. The molecule has 0 atom stereocenters. The monoisotopic (exact) mass is 178 g/mol. The van der Waals surface area contributed by atoms with Gasteiger partial charge in [0.15, 0.2) is 11.6 Å². The molecule has 0 saturated carbocycles. The first-order valence-electron chi connectivity index (χ1n) is 3.40. The maximum absolute atomic E-state index is 12.9. The summed E-state index contributed by atoms with van der Waals surface area (Å²) in [4.78, 5) is 0. The van der Waals surface area contributed by atoms with Crippen molar-refractivity contribution >= 4 is 0 Å². The van der Waals surface area contributed by atoms with Gasteiger partial charge in [-0.3, -0.25) is 0 Å². The zero-order valence-electron chi connectivity index (χ0n) is 6.73. The van der Waals surface area contributed by atoms with E-state index >= 15 is 0 Å². The van der Waals surface area contributed by atoms with Crippen LogP contribution in [0.4, 0.5) is 8.78 Å². The molecule has 64 valence electrons. The van der Waals surface area contributed by atoms with E-state index in [0.29, 0.717) is 0 Å². The number of rotatable bonds is 0. The fourth-order valence-electron chi connectivity index (χ4n) is 1.00. The molecule has 0 spiro atoms. The van der Waals surface area contributed by atoms with Crippen LogP contribution in [-0.2, 0) is 0 Å². The Morgan fingerprint density at radius 2 is 1.69 bits per heavy atom. The SMILES string of the molecule is Cc1cc(F)c(F)c(C#N)c1C#N. The van der Waals surface area contributed by atoms with Gasteiger partial charge < -0.3 is 0 Å². The second-order valence-corrected chi connectivity index (χ2v) is 2.46. The van der Waals surface area contributed by atoms with Gasteiger partial charge in [0.1, 0.15) is 17.7 Å². The van der Waals surface area contributed by atoms with Crippen molar-refractivity contribution in [1.29, 1.82) is 10.5 Å². The van der Waals surface area contributed by atoms with Crippen molar-refractivity contribution < 1.29 is 8.78 Å². The summed E-state index contributed by atoms with van der Waals surface area (Å²) in [5, 5.41) is 17.0. The topological polar surface area (TPSA) is 47.6 Å². The van der Waals surface area contributed by atoms with Gasteiger partial charge in [-0.05, 0) is 18.6 Å². The molecule has 0 N–H and O–H groups in total. The molecule has 4 heteroatoms. The van der Waals surface area contributed by atoms with Crippen LogP contribution < -0.4 is 0 Å². The van der Waals surface area contributed by atoms with Gasteiger partial charge in [0.25, 0.3) is 0 Å². The number of nitriles is 2. The summed E-state index contributed by atoms with van der Waals surface area (Å²) in [5.41, 5.74) is -0.376. The van der Waals surface area contributed by atoms with Gasteiger partial charge in [-0.1, -0.05) is 0 Å². The quantitative estimate of drug-likeness (QED) is 0.610. The molecule has 0 saturated heterocycles. The first-order chi connectivity index (χ1) is 6.11. The Balaban J connectivity index is 3.66. The van der Waals surface area contributed by atoms with Crippen molar-refractivity contribution in [2.75, 3.05) is 0 Å². The van der Waals surface area contributed by atoms with Crippen LogP contribution in [0.15, 0.2) is 6.07 Å². The van der Waals surface area contributed by atoms with E-state index in [1.807, 2.05) is 0 Å². The third kappa shape index (κ3) is 1.34. The first-order valence-corrected chi connectivity index (χ1v) is 3.40. The van der Waals surface area contributed by atoms with Crippen LogP contribution in [0, 0.1) is 41.2 Å². The van der Waals surface area contributed by atoms with Gasteiger partial charge in [0, 0.05) is 0 Å². The van der Waals surface area contributed by atoms with Gasteiger partial charge in [-0.25, -0.2) is 8.78 Å². The zero-order chi connectivity index (χ0) is 10.0. The Morgan fingerprint density at radius 1 is 1.15 bits per heavy atom. The molecule has 0 aliphatic carbocycles. The highest BCUT2D eigenvalue weighted by atomic mass is 19.2. The Labute approximate surface area is 73.6 Å². The predicted molar refractivity (Wildman–Crippen MR) is 40.5 cm³/mol. The summed E-state index contributed by atoms with van der Waals surface area (Å²) >= 11 is 0. The first kappa shape index (κ1) is 9.15. The molecule has 13 heavy (non-hydrogen) atoms. The number of hydrogen-bond donors (Lipinski definition) is 0. The maximum Gasteiger partial charge on any atom is 0.177 e. The molecule has 0 heterocycles. The largest absolute Gasteiger partial charge is 0.204 e. The van der Waals surface area contributed by atoms with Gasteiger partial charge in [0.05, 0.1) is 5.56 Å². The lowest BCUT2D eigenvalue weighted by molar-refractivity contribution is 0.505. The van der Waals surface area contributed by atoms with Crippen LogP contribution in [0.1, 0.15) is 16.7 Å². The highest BCUT2D eigenvalue weighted by Crippen LogP contribution is 2.19. The Kier molecular flexibility index (Phi) is 2.25. The van der Waals surface area contributed by atoms with Crippen LogP contribution >= 0.6 is 0 Å². The molecule has 1 rings (SSSR count). The Morgan fingerprint density at radius 3 is 2.15 bits per heavy atom. The molecule has 0 bridgehead atoms. The molecule has 0 fully saturated rings. The fourth-order valence-corrected chi connectivity index (χ4v) is 1.00. The van der Waals surface area contributed by atoms with Crippen molar-refractivity contribution in [2.24, 2.45) is 0 Å². The van der Waals surface area contributed by atoms with E-state index in [0.717, 1.165) is 6.07 Å². The smallest absolute Gasteiger partial charge is 0.177 e. The van der Waals surface area contributed by atoms with Crippen LogP contribution in [0.3, 0.4) is 0 Å². The van der Waals surface area contributed by atoms with E-state index in [4.69, 9.17) is 10.5 Å². The fraction of sp³-hybridized carbons (Fsp3) is 0.111. The molecular formula is C9H4F2N2. The summed E-state index contributed by atoms with van der Waals surface area (Å²) in [6.45, 7) is 1.45. The second-order valence-electron chi connectivity index (χ2n) is 2.46. The molecule has 0 unspecified atom stereocenters. The van der Waals surface area contributed by atoms with E-state index in [1.54, 1.807) is 6.07 Å². The Hall–Kier alpha value is -1.94. The molecule has 0 amide bonds. The number of halogens is 2. The maximum atomic E-state index is 12.9. The van der Waals surface area contributed by atoms with Gasteiger partial charge in [0.2, 0.25) is 0 Å². The molecule has 1 aromatic carbocycles. The highest BCUT2D eigenvalue weighted by Gasteiger charge is 2.15. The second kappa shape index (κ2) is 3.20. The van der Waals surface area contributed by atoms with Crippen LogP contribution in [0.5, 0.6) is 0 Å². The molecule has 0 aromatic heterocycles. The van der Waals surface area contributed by atoms with Crippen molar-refractivity contribution in [3.8, 4) is 12.1 Å². The number of benzene rings is 1. The van der Waals surface area contributed by atoms with E-state index in [9.17, 15) is 8.78 Å². The van der Waals surface area contributed by atoms with Crippen LogP contribution in [0.2, 0.25) is 0 Å². The summed E-state index contributed by atoms with van der Waals surface area (Å²) in [7, 11) is 0. The third-order valence-electron chi connectivity index (χ3n) is 1.64. The number of aryl methyl sites for hydroxylation is 1. The number of hydrogen-bond acceptors (Lipinski definition) is 2. The lowest BCUT2D eigenvalue weighted by Gasteiger charge is -2.01. The molecule has 1 aromatic rings. The summed E-state index contributed by atoms with van der Waals surface area (Å²) in [6, 6.07) is 4.01. The normalized spacial score (nSPS) is 9.00. The lowest BCUT2D eigenvalue weighted by atomic mass is 10.0. The summed E-state index contributed by atoms with van der Waals surface area (Å²) in [5.74, 6) is -2.36. The van der Waals surface area contributed by atoms with Crippen molar-refractivity contribution in [2.45, 2.75) is 6.92 Å².